The first kappa shape index (κ1) is 18.6. The van der Waals surface area contributed by atoms with E-state index in [-0.39, 0.29) is 11.7 Å². The highest BCUT2D eigenvalue weighted by Gasteiger charge is 2.12. The van der Waals surface area contributed by atoms with Crippen molar-refractivity contribution in [3.63, 3.8) is 0 Å². The van der Waals surface area contributed by atoms with Crippen LogP contribution in [0.15, 0.2) is 84.0 Å². The third-order valence-corrected chi connectivity index (χ3v) is 4.94. The Bertz CT molecular complexity index is 1160. The monoisotopic (exact) mass is 383 g/mol. The molecular weight excluding hydrogens is 362 g/mol. The Labute approximate surface area is 169 Å². The second-order valence-electron chi connectivity index (χ2n) is 7.19. The number of hydrogen-bond donors (Lipinski definition) is 0. The van der Waals surface area contributed by atoms with Crippen molar-refractivity contribution in [1.29, 1.82) is 0 Å². The van der Waals surface area contributed by atoms with E-state index in [4.69, 9.17) is 5.10 Å². The van der Waals surface area contributed by atoms with Crippen LogP contribution in [0.2, 0.25) is 0 Å². The lowest BCUT2D eigenvalue weighted by molar-refractivity contribution is -0.384. The van der Waals surface area contributed by atoms with Crippen molar-refractivity contribution in [3.05, 3.63) is 94.5 Å². The van der Waals surface area contributed by atoms with Gasteiger partial charge in [-0.3, -0.25) is 15.1 Å². The second kappa shape index (κ2) is 7.72. The third kappa shape index (κ3) is 3.67. The van der Waals surface area contributed by atoms with E-state index in [1.807, 2.05) is 49.3 Å². The summed E-state index contributed by atoms with van der Waals surface area (Å²) in [5, 5.41) is 22.2. The van der Waals surface area contributed by atoms with E-state index in [2.05, 4.69) is 30.3 Å². The summed E-state index contributed by atoms with van der Waals surface area (Å²) in [4.78, 5) is 10.5. The number of non-ortho nitro benzene ring substituents is 1. The van der Waals surface area contributed by atoms with E-state index < -0.39 is 4.92 Å². The molecular formula is C24H21N3O2. The van der Waals surface area contributed by atoms with Crippen LogP contribution in [-0.2, 0) is 0 Å². The number of hydrogen-bond acceptors (Lipinski definition) is 4. The molecule has 0 saturated heterocycles. The summed E-state index contributed by atoms with van der Waals surface area (Å²) in [6.07, 6.45) is 1.89. The summed E-state index contributed by atoms with van der Waals surface area (Å²) in [5.74, 6) is 0. The molecule has 4 rings (SSSR count). The Morgan fingerprint density at radius 3 is 1.97 bits per heavy atom. The Hall–Kier alpha value is -3.73. The minimum atomic E-state index is -0.394. The van der Waals surface area contributed by atoms with Crippen LogP contribution in [0.25, 0.3) is 21.5 Å². The number of rotatable bonds is 5. The highest BCUT2D eigenvalue weighted by atomic mass is 16.6. The van der Waals surface area contributed by atoms with Crippen LogP contribution in [-0.4, -0.2) is 17.2 Å². The van der Waals surface area contributed by atoms with Gasteiger partial charge in [0.2, 0.25) is 0 Å². The zero-order chi connectivity index (χ0) is 20.4. The second-order valence-corrected chi connectivity index (χ2v) is 7.19. The molecule has 0 aromatic heterocycles. The molecule has 0 fully saturated rings. The van der Waals surface area contributed by atoms with Crippen LogP contribution in [0.4, 0.5) is 11.4 Å². The van der Waals surface area contributed by atoms with Gasteiger partial charge < -0.3 is 0 Å². The first-order valence-corrected chi connectivity index (χ1v) is 9.53. The maximum Gasteiger partial charge on any atom is 0.269 e. The number of benzene rings is 4. The molecule has 144 valence electrons. The minimum Gasteiger partial charge on any atom is -0.263 e. The predicted molar refractivity (Wildman–Crippen MR) is 120 cm³/mol. The number of nitro groups is 1. The van der Waals surface area contributed by atoms with Crippen LogP contribution >= 0.6 is 0 Å². The van der Waals surface area contributed by atoms with E-state index in [0.717, 1.165) is 22.0 Å². The van der Waals surface area contributed by atoms with Crippen molar-refractivity contribution in [3.8, 4) is 0 Å². The molecule has 0 unspecified atom stereocenters. The van der Waals surface area contributed by atoms with E-state index in [9.17, 15) is 10.1 Å². The lowest BCUT2D eigenvalue weighted by Crippen LogP contribution is -2.25. The molecule has 0 aliphatic heterocycles. The smallest absolute Gasteiger partial charge is 0.263 e. The summed E-state index contributed by atoms with van der Waals surface area (Å²) in [7, 11) is 0. The predicted octanol–water partition coefficient (Wildman–Crippen LogP) is 6.15. The lowest BCUT2D eigenvalue weighted by atomic mass is 9.97. The van der Waals surface area contributed by atoms with Gasteiger partial charge >= 0.3 is 0 Å². The van der Waals surface area contributed by atoms with Gasteiger partial charge in [-0.1, -0.05) is 48.5 Å². The average molecular weight is 383 g/mol. The molecule has 0 saturated carbocycles. The summed E-state index contributed by atoms with van der Waals surface area (Å²) >= 11 is 0. The maximum absolute atomic E-state index is 10.9. The molecule has 5 heteroatoms. The summed E-state index contributed by atoms with van der Waals surface area (Å²) in [6, 6.07) is 25.3. The quantitative estimate of drug-likeness (QED) is 0.180. The topological polar surface area (TPSA) is 58.7 Å². The molecule has 0 amide bonds. The molecule has 0 atom stereocenters. The fourth-order valence-corrected chi connectivity index (χ4v) is 3.53. The molecule has 5 nitrogen and oxygen atoms in total. The van der Waals surface area contributed by atoms with E-state index in [1.165, 1.54) is 22.9 Å². The summed E-state index contributed by atoms with van der Waals surface area (Å²) in [6.45, 7) is 4.08. The van der Waals surface area contributed by atoms with Crippen molar-refractivity contribution in [2.45, 2.75) is 19.9 Å². The molecule has 4 aromatic rings. The van der Waals surface area contributed by atoms with Crippen molar-refractivity contribution in [2.24, 2.45) is 5.10 Å². The largest absolute Gasteiger partial charge is 0.269 e. The Morgan fingerprint density at radius 1 is 0.897 bits per heavy atom. The summed E-state index contributed by atoms with van der Waals surface area (Å²) < 4.78 is 0. The van der Waals surface area contributed by atoms with E-state index >= 15 is 0 Å². The van der Waals surface area contributed by atoms with Crippen LogP contribution < -0.4 is 5.01 Å². The highest BCUT2D eigenvalue weighted by molar-refractivity contribution is 6.13. The lowest BCUT2D eigenvalue weighted by Gasteiger charge is -2.23. The highest BCUT2D eigenvalue weighted by Crippen LogP contribution is 2.28. The molecule has 0 aliphatic rings. The van der Waals surface area contributed by atoms with Gasteiger partial charge in [0.25, 0.3) is 5.69 Å². The van der Waals surface area contributed by atoms with Gasteiger partial charge in [0.15, 0.2) is 0 Å². The Balaban J connectivity index is 1.81. The standard InChI is InChI=1S/C24H21N3O2/c1-17(2)26(20-11-13-21(14-12-20)27(28)29)25-16-24-22-9-5-3-7-18(22)15-19-8-4-6-10-23(19)24/h3-17H,1-2H3/b25-16-. The maximum atomic E-state index is 10.9. The Morgan fingerprint density at radius 2 is 1.45 bits per heavy atom. The number of nitro benzene ring substituents is 1. The van der Waals surface area contributed by atoms with Gasteiger partial charge in [-0.25, -0.2) is 0 Å². The third-order valence-electron chi connectivity index (χ3n) is 4.94. The fourth-order valence-electron chi connectivity index (χ4n) is 3.53. The SMILES string of the molecule is CC(C)N(/N=C\c1c2ccccc2cc2ccccc12)c1ccc([N+](=O)[O-])cc1. The molecule has 0 bridgehead atoms. The molecule has 0 aliphatic carbocycles. The van der Waals surface area contributed by atoms with Crippen LogP contribution in [0, 0.1) is 10.1 Å². The molecule has 0 spiro atoms. The van der Waals surface area contributed by atoms with Gasteiger partial charge in [0.1, 0.15) is 0 Å². The molecule has 0 heterocycles. The molecule has 0 radical (unpaired) electrons. The first-order valence-electron chi connectivity index (χ1n) is 9.53. The van der Waals surface area contributed by atoms with Gasteiger partial charge in [-0.05, 0) is 53.6 Å². The van der Waals surface area contributed by atoms with Crippen molar-refractivity contribution >= 4 is 39.1 Å². The van der Waals surface area contributed by atoms with E-state index in [0.29, 0.717) is 0 Å². The normalized spacial score (nSPS) is 11.6. The van der Waals surface area contributed by atoms with Crippen molar-refractivity contribution in [2.75, 3.05) is 5.01 Å². The Kier molecular flexibility index (Phi) is 4.96. The number of hydrazone groups is 1. The number of anilines is 1. The number of nitrogens with zero attached hydrogens (tertiary/aromatic N) is 3. The number of fused-ring (bicyclic) bond motifs is 2. The first-order chi connectivity index (χ1) is 14.0. The zero-order valence-electron chi connectivity index (χ0n) is 16.3. The van der Waals surface area contributed by atoms with Gasteiger partial charge in [0, 0.05) is 23.7 Å². The van der Waals surface area contributed by atoms with Crippen molar-refractivity contribution < 1.29 is 4.92 Å². The van der Waals surface area contributed by atoms with Crippen LogP contribution in [0.5, 0.6) is 0 Å². The molecule has 29 heavy (non-hydrogen) atoms. The van der Waals surface area contributed by atoms with Crippen molar-refractivity contribution in [1.82, 2.24) is 0 Å². The van der Waals surface area contributed by atoms with Crippen LogP contribution in [0.3, 0.4) is 0 Å². The zero-order valence-corrected chi connectivity index (χ0v) is 16.3. The van der Waals surface area contributed by atoms with E-state index in [1.54, 1.807) is 12.1 Å². The fraction of sp³-hybridized carbons (Fsp3) is 0.125. The van der Waals surface area contributed by atoms with Gasteiger partial charge in [0.05, 0.1) is 16.8 Å². The van der Waals surface area contributed by atoms with Gasteiger partial charge in [-0.15, -0.1) is 0 Å². The summed E-state index contributed by atoms with van der Waals surface area (Å²) in [5.41, 5.74) is 1.94. The molecule has 4 aromatic carbocycles. The minimum absolute atomic E-state index is 0.0708. The average Bonchev–Trinajstić information content (AvgIpc) is 2.73. The van der Waals surface area contributed by atoms with Crippen LogP contribution in [0.1, 0.15) is 19.4 Å². The van der Waals surface area contributed by atoms with Gasteiger partial charge in [-0.2, -0.15) is 5.10 Å². The molecule has 0 N–H and O–H groups in total.